The van der Waals surface area contributed by atoms with Gasteiger partial charge in [-0.3, -0.25) is 9.98 Å². The van der Waals surface area contributed by atoms with E-state index in [0.29, 0.717) is 31.0 Å². The van der Waals surface area contributed by atoms with Gasteiger partial charge in [-0.15, -0.1) is 24.0 Å². The molecule has 1 aromatic heterocycles. The number of aromatic nitrogens is 1. The normalized spacial score (nSPS) is 11.0. The molecule has 1 aromatic carbocycles. The Kier molecular flexibility index (Phi) is 10.1. The average molecular weight is 474 g/mol. The van der Waals surface area contributed by atoms with Crippen molar-refractivity contribution >= 4 is 29.9 Å². The fraction of sp³-hybridized carbons (Fsp3) is 0.368. The summed E-state index contributed by atoms with van der Waals surface area (Å²) in [5, 5.41) is 6.39. The zero-order valence-electron chi connectivity index (χ0n) is 15.1. The van der Waals surface area contributed by atoms with Crippen LogP contribution >= 0.6 is 24.0 Å². The van der Waals surface area contributed by atoms with Crippen LogP contribution in [0.5, 0.6) is 0 Å². The van der Waals surface area contributed by atoms with Gasteiger partial charge in [0.1, 0.15) is 11.6 Å². The molecule has 0 fully saturated rings. The predicted molar refractivity (Wildman–Crippen MR) is 112 cm³/mol. The quantitative estimate of drug-likeness (QED) is 0.366. The Balaban J connectivity index is 0.00000338. The topological polar surface area (TPSA) is 49.3 Å². The number of pyridine rings is 1. The van der Waals surface area contributed by atoms with Gasteiger partial charge < -0.3 is 10.6 Å². The molecule has 0 spiro atoms. The lowest BCUT2D eigenvalue weighted by Crippen LogP contribution is -2.38. The number of benzene rings is 1. The number of nitrogens with zero attached hydrogens (tertiary/aromatic N) is 2. The molecule has 0 radical (unpaired) electrons. The molecule has 0 aliphatic heterocycles. The van der Waals surface area contributed by atoms with Gasteiger partial charge in [0.25, 0.3) is 0 Å². The highest BCUT2D eigenvalue weighted by molar-refractivity contribution is 14.0. The van der Waals surface area contributed by atoms with Crippen LogP contribution in [-0.4, -0.2) is 30.6 Å². The smallest absolute Gasteiger partial charge is 0.191 e. The van der Waals surface area contributed by atoms with E-state index < -0.39 is 11.6 Å². The number of halogens is 3. The lowest BCUT2D eigenvalue weighted by atomic mass is 10.1. The fourth-order valence-corrected chi connectivity index (χ4v) is 2.34. The minimum absolute atomic E-state index is 0. The molecule has 2 rings (SSSR count). The Morgan fingerprint density at radius 2 is 1.92 bits per heavy atom. The van der Waals surface area contributed by atoms with E-state index in [1.807, 2.05) is 26.1 Å². The van der Waals surface area contributed by atoms with Crippen LogP contribution < -0.4 is 10.6 Å². The number of aryl methyl sites for hydroxylation is 1. The Morgan fingerprint density at radius 1 is 1.12 bits per heavy atom. The Morgan fingerprint density at radius 3 is 2.62 bits per heavy atom. The van der Waals surface area contributed by atoms with Crippen LogP contribution in [0.2, 0.25) is 0 Å². The van der Waals surface area contributed by atoms with E-state index in [1.165, 1.54) is 6.07 Å². The first-order valence-electron chi connectivity index (χ1n) is 8.46. The number of hydrogen-bond acceptors (Lipinski definition) is 2. The largest absolute Gasteiger partial charge is 0.357 e. The van der Waals surface area contributed by atoms with Gasteiger partial charge in [-0.2, -0.15) is 0 Å². The Labute approximate surface area is 170 Å². The number of aliphatic imine (C=N–C) groups is 1. The monoisotopic (exact) mass is 474 g/mol. The third-order valence-corrected chi connectivity index (χ3v) is 3.68. The molecule has 1 heterocycles. The third-order valence-electron chi connectivity index (χ3n) is 3.68. The van der Waals surface area contributed by atoms with Crippen molar-refractivity contribution < 1.29 is 8.78 Å². The van der Waals surface area contributed by atoms with Crippen molar-refractivity contribution in [1.82, 2.24) is 15.6 Å². The van der Waals surface area contributed by atoms with Gasteiger partial charge in [0.15, 0.2) is 5.96 Å². The van der Waals surface area contributed by atoms with Crippen LogP contribution in [0.1, 0.15) is 23.7 Å². The summed E-state index contributed by atoms with van der Waals surface area (Å²) in [7, 11) is 0. The summed E-state index contributed by atoms with van der Waals surface area (Å²) in [6, 6.07) is 7.53. The summed E-state index contributed by atoms with van der Waals surface area (Å²) in [5.74, 6) is -0.169. The molecule has 0 amide bonds. The standard InChI is InChI=1S/C19H24F2N4.HI/c1-3-22-19(23-10-8-15-5-4-14(2)25-13-15)24-11-9-16-12-17(20)6-7-18(16)21;/h4-7,12-13H,3,8-11H2,1-2H3,(H2,22,23,24);1H. The van der Waals surface area contributed by atoms with E-state index in [-0.39, 0.29) is 24.0 Å². The first-order chi connectivity index (χ1) is 12.1. The van der Waals surface area contributed by atoms with Crippen molar-refractivity contribution in [1.29, 1.82) is 0 Å². The van der Waals surface area contributed by atoms with Crippen molar-refractivity contribution in [2.75, 3.05) is 19.6 Å². The highest BCUT2D eigenvalue weighted by Crippen LogP contribution is 2.10. The molecule has 0 aliphatic carbocycles. The second kappa shape index (κ2) is 11.8. The van der Waals surface area contributed by atoms with Gasteiger partial charge in [0, 0.05) is 31.5 Å². The van der Waals surface area contributed by atoms with Crippen molar-refractivity contribution in [3.63, 3.8) is 0 Å². The lowest BCUT2D eigenvalue weighted by Gasteiger charge is -2.11. The molecular weight excluding hydrogens is 449 g/mol. The molecular formula is C19H25F2IN4. The Bertz CT molecular complexity index is 705. The van der Waals surface area contributed by atoms with Gasteiger partial charge in [-0.1, -0.05) is 6.07 Å². The highest BCUT2D eigenvalue weighted by atomic mass is 127. The first kappa shape index (κ1) is 22.3. The number of rotatable bonds is 7. The van der Waals surface area contributed by atoms with Crippen LogP contribution in [0, 0.1) is 18.6 Å². The second-order valence-electron chi connectivity index (χ2n) is 5.73. The van der Waals surface area contributed by atoms with E-state index in [4.69, 9.17) is 0 Å². The minimum atomic E-state index is -0.433. The summed E-state index contributed by atoms with van der Waals surface area (Å²) >= 11 is 0. The van der Waals surface area contributed by atoms with Crippen molar-refractivity contribution in [2.45, 2.75) is 26.7 Å². The summed E-state index contributed by atoms with van der Waals surface area (Å²) in [4.78, 5) is 8.69. The van der Waals surface area contributed by atoms with Crippen molar-refractivity contribution in [3.8, 4) is 0 Å². The molecule has 0 saturated carbocycles. The van der Waals surface area contributed by atoms with Gasteiger partial charge >= 0.3 is 0 Å². The third kappa shape index (κ3) is 7.63. The summed E-state index contributed by atoms with van der Waals surface area (Å²) in [6.07, 6.45) is 3.05. The SMILES string of the molecule is CCNC(=NCCc1cc(F)ccc1F)NCCc1ccc(C)nc1.I. The second-order valence-corrected chi connectivity index (χ2v) is 5.73. The average Bonchev–Trinajstić information content (AvgIpc) is 2.59. The van der Waals surface area contributed by atoms with Gasteiger partial charge in [0.05, 0.1) is 0 Å². The van der Waals surface area contributed by atoms with Crippen LogP contribution in [0.4, 0.5) is 8.78 Å². The maximum atomic E-state index is 13.6. The molecule has 0 atom stereocenters. The zero-order valence-corrected chi connectivity index (χ0v) is 17.4. The molecule has 0 aliphatic rings. The summed E-state index contributed by atoms with van der Waals surface area (Å²) in [6.45, 7) is 5.76. The van der Waals surface area contributed by atoms with E-state index in [0.717, 1.165) is 36.4 Å². The number of hydrogen-bond donors (Lipinski definition) is 2. The van der Waals surface area contributed by atoms with E-state index >= 15 is 0 Å². The maximum Gasteiger partial charge on any atom is 0.191 e. The van der Waals surface area contributed by atoms with E-state index in [1.54, 1.807) is 0 Å². The molecule has 7 heteroatoms. The van der Waals surface area contributed by atoms with Crippen LogP contribution in [0.25, 0.3) is 0 Å². The van der Waals surface area contributed by atoms with E-state index in [2.05, 4.69) is 26.7 Å². The Hall–Kier alpha value is -1.77. The highest BCUT2D eigenvalue weighted by Gasteiger charge is 2.04. The molecule has 2 N–H and O–H groups in total. The lowest BCUT2D eigenvalue weighted by molar-refractivity contribution is 0.585. The first-order valence-corrected chi connectivity index (χ1v) is 8.46. The van der Waals surface area contributed by atoms with Crippen LogP contribution in [-0.2, 0) is 12.8 Å². The zero-order chi connectivity index (χ0) is 18.1. The molecule has 0 saturated heterocycles. The molecule has 142 valence electrons. The minimum Gasteiger partial charge on any atom is -0.357 e. The number of nitrogens with one attached hydrogen (secondary N) is 2. The number of guanidine groups is 1. The summed E-state index contributed by atoms with van der Waals surface area (Å²) < 4.78 is 26.8. The van der Waals surface area contributed by atoms with Crippen LogP contribution in [0.15, 0.2) is 41.5 Å². The van der Waals surface area contributed by atoms with Crippen molar-refractivity contribution in [2.24, 2.45) is 4.99 Å². The molecule has 0 bridgehead atoms. The fourth-order valence-electron chi connectivity index (χ4n) is 2.34. The van der Waals surface area contributed by atoms with E-state index in [9.17, 15) is 8.78 Å². The molecule has 26 heavy (non-hydrogen) atoms. The van der Waals surface area contributed by atoms with Crippen molar-refractivity contribution in [3.05, 3.63) is 65.0 Å². The van der Waals surface area contributed by atoms with Gasteiger partial charge in [-0.25, -0.2) is 8.78 Å². The van der Waals surface area contributed by atoms with Gasteiger partial charge in [0.2, 0.25) is 0 Å². The maximum absolute atomic E-state index is 13.6. The molecule has 4 nitrogen and oxygen atoms in total. The van der Waals surface area contributed by atoms with Crippen LogP contribution in [0.3, 0.4) is 0 Å². The summed E-state index contributed by atoms with van der Waals surface area (Å²) in [5.41, 5.74) is 2.48. The van der Waals surface area contributed by atoms with Gasteiger partial charge in [-0.05, 0) is 62.1 Å². The molecule has 0 unspecified atom stereocenters. The molecule has 2 aromatic rings. The predicted octanol–water partition coefficient (Wildman–Crippen LogP) is 3.63.